The fourth-order valence-corrected chi connectivity index (χ4v) is 4.64. The number of aliphatic hydroxyl groups is 1. The number of H-pyrrole nitrogens is 1. The van der Waals surface area contributed by atoms with Crippen molar-refractivity contribution in [1.82, 2.24) is 32.7 Å². The van der Waals surface area contributed by atoms with E-state index in [1.54, 1.807) is 4.52 Å². The SMILES string of the molecule is Cc1cccc(-c2[nH]c(CN(I)[C@H](CO)c3ccccc3)nc2-c2ccc3ncnn3c2)n1. The Balaban J connectivity index is 1.54. The first-order valence-corrected chi connectivity index (χ1v) is 11.5. The van der Waals surface area contributed by atoms with Crippen LogP contribution in [0.15, 0.2) is 73.2 Å². The van der Waals surface area contributed by atoms with E-state index in [0.717, 1.165) is 45.4 Å². The van der Waals surface area contributed by atoms with Gasteiger partial charge in [0, 0.05) is 40.3 Å². The minimum Gasteiger partial charge on any atom is -0.394 e. The predicted molar refractivity (Wildman–Crippen MR) is 134 cm³/mol. The van der Waals surface area contributed by atoms with Crippen molar-refractivity contribution in [2.75, 3.05) is 6.61 Å². The third-order valence-corrected chi connectivity index (χ3v) is 6.45. The van der Waals surface area contributed by atoms with Crippen molar-refractivity contribution in [2.45, 2.75) is 19.5 Å². The van der Waals surface area contributed by atoms with Crippen molar-refractivity contribution >= 4 is 28.5 Å². The van der Waals surface area contributed by atoms with Gasteiger partial charge in [-0.2, -0.15) is 5.10 Å². The number of rotatable bonds is 7. The summed E-state index contributed by atoms with van der Waals surface area (Å²) in [5, 5.41) is 14.3. The molecule has 0 aliphatic heterocycles. The monoisotopic (exact) mass is 551 g/mol. The lowest BCUT2D eigenvalue weighted by molar-refractivity contribution is 0.203. The Morgan fingerprint density at radius 3 is 2.70 bits per heavy atom. The van der Waals surface area contributed by atoms with Gasteiger partial charge in [0.25, 0.3) is 0 Å². The largest absolute Gasteiger partial charge is 0.394 e. The van der Waals surface area contributed by atoms with E-state index in [1.165, 1.54) is 6.33 Å². The van der Waals surface area contributed by atoms with E-state index in [9.17, 15) is 5.11 Å². The molecule has 0 saturated carbocycles. The number of hydrogen-bond donors (Lipinski definition) is 2. The van der Waals surface area contributed by atoms with Crippen LogP contribution in [0.5, 0.6) is 0 Å². The van der Waals surface area contributed by atoms with Gasteiger partial charge >= 0.3 is 0 Å². The Kier molecular flexibility index (Phi) is 6.16. The number of aryl methyl sites for hydroxylation is 1. The number of aromatic nitrogens is 6. The molecule has 0 bridgehead atoms. The maximum absolute atomic E-state index is 10.1. The van der Waals surface area contributed by atoms with Gasteiger partial charge in [-0.05, 0) is 36.8 Å². The maximum atomic E-state index is 10.1. The zero-order chi connectivity index (χ0) is 22.8. The van der Waals surface area contributed by atoms with Crippen LogP contribution in [0.2, 0.25) is 0 Å². The van der Waals surface area contributed by atoms with E-state index in [-0.39, 0.29) is 12.6 Å². The van der Waals surface area contributed by atoms with Crippen LogP contribution in [-0.2, 0) is 6.54 Å². The fourth-order valence-electron chi connectivity index (χ4n) is 3.81. The van der Waals surface area contributed by atoms with Gasteiger partial charge < -0.3 is 10.1 Å². The molecule has 0 aliphatic rings. The molecule has 4 heterocycles. The van der Waals surface area contributed by atoms with Crippen molar-refractivity contribution in [2.24, 2.45) is 0 Å². The van der Waals surface area contributed by atoms with Crippen LogP contribution in [0, 0.1) is 6.92 Å². The van der Waals surface area contributed by atoms with E-state index in [2.05, 4.69) is 41.0 Å². The van der Waals surface area contributed by atoms with E-state index in [1.807, 2.05) is 73.8 Å². The van der Waals surface area contributed by atoms with Gasteiger partial charge in [0.05, 0.1) is 36.3 Å². The van der Waals surface area contributed by atoms with Crippen molar-refractivity contribution in [1.29, 1.82) is 0 Å². The Bertz CT molecular complexity index is 1380. The van der Waals surface area contributed by atoms with Crippen molar-refractivity contribution in [3.63, 3.8) is 0 Å². The zero-order valence-electron chi connectivity index (χ0n) is 17.9. The molecule has 0 aliphatic carbocycles. The average Bonchev–Trinajstić information content (AvgIpc) is 3.47. The first-order valence-electron chi connectivity index (χ1n) is 10.5. The highest BCUT2D eigenvalue weighted by Gasteiger charge is 2.22. The zero-order valence-corrected chi connectivity index (χ0v) is 20.1. The molecule has 2 N–H and O–H groups in total. The third-order valence-electron chi connectivity index (χ3n) is 5.44. The highest BCUT2D eigenvalue weighted by atomic mass is 127. The number of nitrogens with zero attached hydrogens (tertiary/aromatic N) is 6. The summed E-state index contributed by atoms with van der Waals surface area (Å²) in [7, 11) is 0. The van der Waals surface area contributed by atoms with Crippen LogP contribution < -0.4 is 0 Å². The second kappa shape index (κ2) is 9.38. The van der Waals surface area contributed by atoms with Crippen LogP contribution in [0.4, 0.5) is 0 Å². The van der Waals surface area contributed by atoms with Crippen LogP contribution >= 0.6 is 22.9 Å². The molecule has 0 saturated heterocycles. The van der Waals surface area contributed by atoms with Gasteiger partial charge in [-0.25, -0.2) is 17.6 Å². The van der Waals surface area contributed by atoms with E-state index in [0.29, 0.717) is 6.54 Å². The molecule has 0 amide bonds. The fraction of sp³-hybridized carbons (Fsp3) is 0.167. The van der Waals surface area contributed by atoms with Crippen molar-refractivity contribution in [3.05, 3.63) is 90.3 Å². The minimum atomic E-state index is -0.146. The predicted octanol–water partition coefficient (Wildman–Crippen LogP) is 4.38. The summed E-state index contributed by atoms with van der Waals surface area (Å²) in [4.78, 5) is 17.4. The van der Waals surface area contributed by atoms with Gasteiger partial charge in [-0.1, -0.05) is 36.4 Å². The molecule has 9 heteroatoms. The average molecular weight is 551 g/mol. The third kappa shape index (κ3) is 4.52. The van der Waals surface area contributed by atoms with E-state index < -0.39 is 0 Å². The molecular formula is C24H22IN7O. The molecule has 1 atom stereocenters. The summed E-state index contributed by atoms with van der Waals surface area (Å²) in [5.74, 6) is 0.783. The van der Waals surface area contributed by atoms with E-state index in [4.69, 9.17) is 9.97 Å². The molecule has 0 fully saturated rings. The summed E-state index contributed by atoms with van der Waals surface area (Å²) in [6.07, 6.45) is 3.45. The summed E-state index contributed by atoms with van der Waals surface area (Å²) in [6.45, 7) is 2.50. The Labute approximate surface area is 204 Å². The van der Waals surface area contributed by atoms with Gasteiger partial charge in [-0.3, -0.25) is 4.98 Å². The molecule has 5 rings (SSSR count). The Hall–Kier alpha value is -3.15. The lowest BCUT2D eigenvalue weighted by Gasteiger charge is -2.23. The van der Waals surface area contributed by atoms with Gasteiger partial charge in [0.1, 0.15) is 12.2 Å². The second-order valence-electron chi connectivity index (χ2n) is 7.72. The second-order valence-corrected chi connectivity index (χ2v) is 8.96. The van der Waals surface area contributed by atoms with Crippen LogP contribution in [0.3, 0.4) is 0 Å². The lowest BCUT2D eigenvalue weighted by Crippen LogP contribution is -2.22. The topological polar surface area (TPSA) is 95.2 Å². The van der Waals surface area contributed by atoms with Crippen LogP contribution in [-0.4, -0.2) is 44.4 Å². The molecule has 8 nitrogen and oxygen atoms in total. The molecule has 0 radical (unpaired) electrons. The number of halogens is 1. The standard InChI is InChI=1S/C24H22IN7O/c1-16-6-5-9-19(28-16)24-23(18-10-11-22-26-15-27-32(22)12-18)29-21(30-24)13-31(25)20(14-33)17-7-3-2-4-8-17/h2-12,15,20,33H,13-14H2,1H3,(H,29,30)/t20-/m1/s1. The summed E-state index contributed by atoms with van der Waals surface area (Å²) < 4.78 is 3.79. The summed E-state index contributed by atoms with van der Waals surface area (Å²) >= 11 is 2.25. The Morgan fingerprint density at radius 2 is 1.91 bits per heavy atom. The quantitative estimate of drug-likeness (QED) is 0.231. The van der Waals surface area contributed by atoms with Crippen molar-refractivity contribution in [3.8, 4) is 22.6 Å². The number of aliphatic hydroxyl groups excluding tert-OH is 1. The maximum Gasteiger partial charge on any atom is 0.155 e. The molecular weight excluding hydrogens is 529 g/mol. The molecule has 5 aromatic rings. The van der Waals surface area contributed by atoms with Gasteiger partial charge in [0.15, 0.2) is 5.65 Å². The summed E-state index contributed by atoms with van der Waals surface area (Å²) in [5.41, 5.74) is 6.14. The Morgan fingerprint density at radius 1 is 1.06 bits per heavy atom. The molecule has 1 aromatic carbocycles. The number of aromatic amines is 1. The van der Waals surface area contributed by atoms with E-state index >= 15 is 0 Å². The number of benzene rings is 1. The minimum absolute atomic E-state index is 0.00970. The first-order chi connectivity index (χ1) is 16.1. The van der Waals surface area contributed by atoms with Gasteiger partial charge in [-0.15, -0.1) is 0 Å². The van der Waals surface area contributed by atoms with Crippen LogP contribution in [0.1, 0.15) is 23.1 Å². The number of imidazole rings is 1. The molecule has 0 unspecified atom stereocenters. The smallest absolute Gasteiger partial charge is 0.155 e. The lowest BCUT2D eigenvalue weighted by atomic mass is 10.1. The number of hydrogen-bond acceptors (Lipinski definition) is 6. The van der Waals surface area contributed by atoms with Crippen molar-refractivity contribution < 1.29 is 5.11 Å². The molecule has 166 valence electrons. The number of nitrogens with one attached hydrogen (secondary N) is 1. The first kappa shape index (κ1) is 21.7. The normalized spacial score (nSPS) is 12.5. The van der Waals surface area contributed by atoms with Crippen LogP contribution in [0.25, 0.3) is 28.3 Å². The summed E-state index contributed by atoms with van der Waals surface area (Å²) in [6, 6.07) is 19.7. The van der Waals surface area contributed by atoms with Gasteiger partial charge in [0.2, 0.25) is 0 Å². The highest BCUT2D eigenvalue weighted by molar-refractivity contribution is 14.1. The number of pyridine rings is 2. The number of fused-ring (bicyclic) bond motifs is 1. The molecule has 4 aromatic heterocycles. The molecule has 0 spiro atoms. The molecule has 33 heavy (non-hydrogen) atoms. The highest BCUT2D eigenvalue weighted by Crippen LogP contribution is 2.31.